The van der Waals surface area contributed by atoms with E-state index >= 15 is 0 Å². The molecule has 2 aromatic rings. The summed E-state index contributed by atoms with van der Waals surface area (Å²) in [6, 6.07) is 4.71. The lowest BCUT2D eigenvalue weighted by Crippen LogP contribution is -2.37. The van der Waals surface area contributed by atoms with Crippen molar-refractivity contribution >= 4 is 33.3 Å². The fourth-order valence-electron chi connectivity index (χ4n) is 3.47. The van der Waals surface area contributed by atoms with Crippen LogP contribution >= 0.6 is 0 Å². The Bertz CT molecular complexity index is 1040. The number of sulfonamides is 1. The molecule has 4 rings (SSSR count). The minimum absolute atomic E-state index is 0.0602. The van der Waals surface area contributed by atoms with Crippen LogP contribution in [0.2, 0.25) is 0 Å². The van der Waals surface area contributed by atoms with Crippen LogP contribution in [-0.4, -0.2) is 50.6 Å². The summed E-state index contributed by atoms with van der Waals surface area (Å²) < 4.78 is 33.9. The molecule has 0 bridgehead atoms. The van der Waals surface area contributed by atoms with Gasteiger partial charge in [0.15, 0.2) is 0 Å². The molecule has 1 fully saturated rings. The van der Waals surface area contributed by atoms with Gasteiger partial charge in [-0.3, -0.25) is 9.52 Å². The van der Waals surface area contributed by atoms with Gasteiger partial charge in [-0.15, -0.1) is 0 Å². The van der Waals surface area contributed by atoms with E-state index in [0.29, 0.717) is 67.9 Å². The summed E-state index contributed by atoms with van der Waals surface area (Å²) in [4.78, 5) is 22.7. The highest BCUT2D eigenvalue weighted by Gasteiger charge is 2.23. The van der Waals surface area contributed by atoms with E-state index in [1.54, 1.807) is 26.0 Å². The van der Waals surface area contributed by atoms with Crippen molar-refractivity contribution in [2.45, 2.75) is 31.6 Å². The Morgan fingerprint density at radius 1 is 1.10 bits per heavy atom. The van der Waals surface area contributed by atoms with Gasteiger partial charge in [0.1, 0.15) is 0 Å². The van der Waals surface area contributed by atoms with Crippen molar-refractivity contribution in [1.29, 1.82) is 0 Å². The minimum Gasteiger partial charge on any atom is -0.378 e. The third-order valence-corrected chi connectivity index (χ3v) is 6.42. The molecular formula is C19H23N5O4S. The first-order valence-corrected chi connectivity index (χ1v) is 11.0. The number of amides is 1. The standard InChI is InChI=1S/C19H23N5O4S/c1-12-18(13(2)21-19(20-12)24-7-9-28-10-8-24)23-29(26,27)15-4-5-16-14(11-15)3-6-17(25)22-16/h4-5,11,23H,3,6-10H2,1-2H3,(H,22,25). The SMILES string of the molecule is Cc1nc(N2CCOCC2)nc(C)c1NS(=O)(=O)c1ccc2c(c1)CCC(=O)N2. The number of ether oxygens (including phenoxy) is 1. The van der Waals surface area contributed by atoms with Crippen molar-refractivity contribution in [3.05, 3.63) is 35.2 Å². The van der Waals surface area contributed by atoms with E-state index in [9.17, 15) is 13.2 Å². The smallest absolute Gasteiger partial charge is 0.262 e. The van der Waals surface area contributed by atoms with Gasteiger partial charge in [0.25, 0.3) is 10.0 Å². The number of aryl methyl sites for hydroxylation is 3. The summed E-state index contributed by atoms with van der Waals surface area (Å²) in [5.41, 5.74) is 2.97. The molecule has 10 heteroatoms. The maximum Gasteiger partial charge on any atom is 0.262 e. The zero-order chi connectivity index (χ0) is 20.6. The number of hydrogen-bond donors (Lipinski definition) is 2. The highest BCUT2D eigenvalue weighted by Crippen LogP contribution is 2.28. The summed E-state index contributed by atoms with van der Waals surface area (Å²) in [6.45, 7) is 6.17. The summed E-state index contributed by atoms with van der Waals surface area (Å²) in [6.07, 6.45) is 0.860. The van der Waals surface area contributed by atoms with Gasteiger partial charge in [0.05, 0.1) is 35.2 Å². The van der Waals surface area contributed by atoms with Crippen LogP contribution in [0.1, 0.15) is 23.4 Å². The minimum atomic E-state index is -3.82. The number of fused-ring (bicyclic) bond motifs is 1. The van der Waals surface area contributed by atoms with E-state index in [4.69, 9.17) is 4.74 Å². The van der Waals surface area contributed by atoms with Gasteiger partial charge in [0, 0.05) is 25.2 Å². The fraction of sp³-hybridized carbons (Fsp3) is 0.421. The lowest BCUT2D eigenvalue weighted by molar-refractivity contribution is -0.116. The summed E-state index contributed by atoms with van der Waals surface area (Å²) in [7, 11) is -3.82. The Labute approximate surface area is 169 Å². The highest BCUT2D eigenvalue weighted by atomic mass is 32.2. The van der Waals surface area contributed by atoms with Crippen LogP contribution in [0.3, 0.4) is 0 Å². The number of carbonyl (C=O) groups is 1. The van der Waals surface area contributed by atoms with Crippen molar-refractivity contribution < 1.29 is 17.9 Å². The number of aromatic nitrogens is 2. The lowest BCUT2D eigenvalue weighted by atomic mass is 10.0. The molecule has 0 atom stereocenters. The monoisotopic (exact) mass is 417 g/mol. The normalized spacial score (nSPS) is 16.9. The van der Waals surface area contributed by atoms with Gasteiger partial charge >= 0.3 is 0 Å². The lowest BCUT2D eigenvalue weighted by Gasteiger charge is -2.27. The first-order chi connectivity index (χ1) is 13.8. The third-order valence-electron chi connectivity index (χ3n) is 5.07. The zero-order valence-corrected chi connectivity index (χ0v) is 17.2. The molecule has 3 heterocycles. The van der Waals surface area contributed by atoms with Gasteiger partial charge < -0.3 is 15.0 Å². The van der Waals surface area contributed by atoms with E-state index in [1.807, 2.05) is 4.90 Å². The van der Waals surface area contributed by atoms with E-state index in [1.165, 1.54) is 6.07 Å². The number of benzene rings is 1. The van der Waals surface area contributed by atoms with Crippen LogP contribution in [0.4, 0.5) is 17.3 Å². The van der Waals surface area contributed by atoms with Crippen molar-refractivity contribution in [1.82, 2.24) is 9.97 Å². The molecule has 1 aromatic heterocycles. The second-order valence-corrected chi connectivity index (χ2v) is 8.82. The van der Waals surface area contributed by atoms with Crippen LogP contribution in [0.15, 0.2) is 23.1 Å². The predicted molar refractivity (Wildman–Crippen MR) is 109 cm³/mol. The summed E-state index contributed by atoms with van der Waals surface area (Å²) in [5, 5.41) is 2.76. The molecule has 1 aromatic carbocycles. The topological polar surface area (TPSA) is 114 Å². The number of carbonyl (C=O) groups excluding carboxylic acids is 1. The van der Waals surface area contributed by atoms with E-state index < -0.39 is 10.0 Å². The summed E-state index contributed by atoms with van der Waals surface area (Å²) >= 11 is 0. The molecule has 0 aliphatic carbocycles. The number of anilines is 3. The second-order valence-electron chi connectivity index (χ2n) is 7.14. The fourth-order valence-corrected chi connectivity index (χ4v) is 4.70. The molecule has 1 amide bonds. The van der Waals surface area contributed by atoms with Crippen molar-refractivity contribution in [2.75, 3.05) is 41.2 Å². The Morgan fingerprint density at radius 2 is 1.79 bits per heavy atom. The largest absolute Gasteiger partial charge is 0.378 e. The van der Waals surface area contributed by atoms with Gasteiger partial charge in [-0.25, -0.2) is 18.4 Å². The molecule has 154 valence electrons. The molecule has 2 aliphatic heterocycles. The van der Waals surface area contributed by atoms with Gasteiger partial charge in [-0.2, -0.15) is 0 Å². The third kappa shape index (κ3) is 4.03. The maximum absolute atomic E-state index is 13.0. The van der Waals surface area contributed by atoms with Crippen LogP contribution in [-0.2, 0) is 26.0 Å². The van der Waals surface area contributed by atoms with Crippen LogP contribution in [0.5, 0.6) is 0 Å². The van der Waals surface area contributed by atoms with E-state index in [2.05, 4.69) is 20.0 Å². The molecule has 2 N–H and O–H groups in total. The number of nitrogens with zero attached hydrogens (tertiary/aromatic N) is 3. The number of nitrogens with one attached hydrogen (secondary N) is 2. The van der Waals surface area contributed by atoms with E-state index in [-0.39, 0.29) is 10.8 Å². The summed E-state index contributed by atoms with van der Waals surface area (Å²) in [5.74, 6) is 0.519. The van der Waals surface area contributed by atoms with Gasteiger partial charge in [0.2, 0.25) is 11.9 Å². The number of morpholine rings is 1. The molecule has 29 heavy (non-hydrogen) atoms. The Balaban J connectivity index is 1.60. The molecular weight excluding hydrogens is 394 g/mol. The Kier molecular flexibility index (Phi) is 5.13. The number of hydrogen-bond acceptors (Lipinski definition) is 7. The first-order valence-electron chi connectivity index (χ1n) is 9.47. The van der Waals surface area contributed by atoms with Crippen molar-refractivity contribution in [3.8, 4) is 0 Å². The van der Waals surface area contributed by atoms with Gasteiger partial charge in [-0.1, -0.05) is 0 Å². The quantitative estimate of drug-likeness (QED) is 0.777. The zero-order valence-electron chi connectivity index (χ0n) is 16.4. The predicted octanol–water partition coefficient (Wildman–Crippen LogP) is 1.62. The molecule has 9 nitrogen and oxygen atoms in total. The van der Waals surface area contributed by atoms with Crippen LogP contribution in [0, 0.1) is 13.8 Å². The molecule has 0 spiro atoms. The van der Waals surface area contributed by atoms with Crippen molar-refractivity contribution in [2.24, 2.45) is 0 Å². The maximum atomic E-state index is 13.0. The Hall–Kier alpha value is -2.72. The van der Waals surface area contributed by atoms with Crippen molar-refractivity contribution in [3.63, 3.8) is 0 Å². The van der Waals surface area contributed by atoms with Crippen LogP contribution in [0.25, 0.3) is 0 Å². The molecule has 0 unspecified atom stereocenters. The Morgan fingerprint density at radius 3 is 2.48 bits per heavy atom. The first kappa shape index (κ1) is 19.6. The average molecular weight is 417 g/mol. The van der Waals surface area contributed by atoms with Gasteiger partial charge in [-0.05, 0) is 44.0 Å². The number of rotatable bonds is 4. The molecule has 2 aliphatic rings. The molecule has 0 saturated carbocycles. The van der Waals surface area contributed by atoms with E-state index in [0.717, 1.165) is 5.56 Å². The second kappa shape index (κ2) is 7.60. The molecule has 1 saturated heterocycles. The average Bonchev–Trinajstić information content (AvgIpc) is 2.70. The highest BCUT2D eigenvalue weighted by molar-refractivity contribution is 7.92. The van der Waals surface area contributed by atoms with Crippen LogP contribution < -0.4 is 14.9 Å². The molecule has 0 radical (unpaired) electrons.